The van der Waals surface area contributed by atoms with Crippen molar-refractivity contribution in [1.29, 1.82) is 0 Å². The topological polar surface area (TPSA) is 118 Å². The van der Waals surface area contributed by atoms with Crippen molar-refractivity contribution < 1.29 is 19.0 Å². The molecule has 0 spiro atoms. The Hall–Kier alpha value is -2.13. The van der Waals surface area contributed by atoms with Gasteiger partial charge in [-0.25, -0.2) is 9.59 Å². The number of hydrogen-bond donors (Lipinski definition) is 2. The van der Waals surface area contributed by atoms with Crippen LogP contribution in [0.5, 0.6) is 0 Å². The van der Waals surface area contributed by atoms with Gasteiger partial charge in [-0.05, 0) is 12.5 Å². The molecule has 1 aliphatic rings. The number of nitrogens with one attached hydrogen (secondary N) is 1. The maximum absolute atomic E-state index is 11.7. The number of carbonyl (C=O) groups is 1. The van der Waals surface area contributed by atoms with Crippen molar-refractivity contribution in [2.45, 2.75) is 32.3 Å². The van der Waals surface area contributed by atoms with E-state index < -0.39 is 24.3 Å². The Morgan fingerprint density at radius 1 is 1.64 bits per heavy atom. The van der Waals surface area contributed by atoms with Crippen LogP contribution in [-0.2, 0) is 14.2 Å². The van der Waals surface area contributed by atoms with E-state index >= 15 is 0 Å². The first-order valence-electron chi connectivity index (χ1n) is 7.12. The van der Waals surface area contributed by atoms with Gasteiger partial charge in [-0.3, -0.25) is 4.57 Å². The Kier molecular flexibility index (Phi) is 5.73. The fourth-order valence-electron chi connectivity index (χ4n) is 1.88. The molecular formula is C13H20N4O5. The van der Waals surface area contributed by atoms with Crippen LogP contribution in [0.1, 0.15) is 26.0 Å². The van der Waals surface area contributed by atoms with Gasteiger partial charge in [-0.2, -0.15) is 4.98 Å². The summed E-state index contributed by atoms with van der Waals surface area (Å²) in [6.07, 6.45) is 1.51. The molecule has 1 aromatic rings. The predicted octanol–water partition coefficient (Wildman–Crippen LogP) is 0.223. The molecule has 1 aliphatic heterocycles. The van der Waals surface area contributed by atoms with Gasteiger partial charge < -0.3 is 25.3 Å². The summed E-state index contributed by atoms with van der Waals surface area (Å²) in [7, 11) is 0. The van der Waals surface area contributed by atoms with E-state index in [1.807, 2.05) is 6.92 Å². The van der Waals surface area contributed by atoms with Crippen LogP contribution < -0.4 is 16.7 Å². The molecule has 1 aromatic heterocycles. The van der Waals surface area contributed by atoms with Gasteiger partial charge in [0, 0.05) is 12.7 Å². The molecule has 1 fully saturated rings. The zero-order valence-electron chi connectivity index (χ0n) is 12.4. The standard InChI is InChI=1S/C13H20N4O5/c1-2-3-5-15-13(19)21-8-11-20-7-10(22-11)17-6-4-9(14)16-12(17)18/h4,6,10-11H,2-3,5,7-8H2,1H3,(H,15,19)(H2,14,16,18)/t10-,11-/m0/s1. The van der Waals surface area contributed by atoms with Crippen LogP contribution >= 0.6 is 0 Å². The van der Waals surface area contributed by atoms with Crippen molar-refractivity contribution in [1.82, 2.24) is 14.9 Å². The third-order valence-electron chi connectivity index (χ3n) is 3.05. The summed E-state index contributed by atoms with van der Waals surface area (Å²) in [5, 5.41) is 2.61. The molecule has 2 heterocycles. The largest absolute Gasteiger partial charge is 0.444 e. The lowest BCUT2D eigenvalue weighted by atomic mass is 10.3. The molecule has 0 aliphatic carbocycles. The molecule has 1 saturated heterocycles. The van der Waals surface area contributed by atoms with Gasteiger partial charge in [0.15, 0.2) is 12.5 Å². The zero-order valence-corrected chi connectivity index (χ0v) is 12.4. The fourth-order valence-corrected chi connectivity index (χ4v) is 1.88. The summed E-state index contributed by atoms with van der Waals surface area (Å²) in [6, 6.07) is 1.50. The lowest BCUT2D eigenvalue weighted by Gasteiger charge is -2.13. The van der Waals surface area contributed by atoms with Crippen molar-refractivity contribution in [2.75, 3.05) is 25.5 Å². The van der Waals surface area contributed by atoms with Crippen LogP contribution in [0.25, 0.3) is 0 Å². The second-order valence-electron chi connectivity index (χ2n) is 4.77. The van der Waals surface area contributed by atoms with E-state index in [0.29, 0.717) is 6.54 Å². The van der Waals surface area contributed by atoms with Crippen molar-refractivity contribution >= 4 is 11.9 Å². The van der Waals surface area contributed by atoms with Crippen molar-refractivity contribution in [3.63, 3.8) is 0 Å². The third-order valence-corrected chi connectivity index (χ3v) is 3.05. The first kappa shape index (κ1) is 16.2. The summed E-state index contributed by atoms with van der Waals surface area (Å²) in [5.41, 5.74) is 4.90. The highest BCUT2D eigenvalue weighted by atomic mass is 16.7. The van der Waals surface area contributed by atoms with Crippen LogP contribution in [0.4, 0.5) is 10.6 Å². The number of nitrogens with two attached hydrogens (primary N) is 1. The van der Waals surface area contributed by atoms with Gasteiger partial charge >= 0.3 is 11.8 Å². The number of ether oxygens (including phenoxy) is 3. The molecule has 2 rings (SSSR count). The number of rotatable bonds is 6. The van der Waals surface area contributed by atoms with Gasteiger partial charge in [-0.1, -0.05) is 13.3 Å². The molecule has 0 saturated carbocycles. The normalized spacial score (nSPS) is 20.8. The monoisotopic (exact) mass is 312 g/mol. The number of hydrogen-bond acceptors (Lipinski definition) is 7. The number of anilines is 1. The molecule has 0 unspecified atom stereocenters. The molecule has 0 aromatic carbocycles. The Bertz CT molecular complexity index is 562. The minimum absolute atomic E-state index is 0.0500. The predicted molar refractivity (Wildman–Crippen MR) is 77.0 cm³/mol. The van der Waals surface area contributed by atoms with Gasteiger partial charge in [0.1, 0.15) is 12.4 Å². The molecule has 9 heteroatoms. The van der Waals surface area contributed by atoms with Crippen LogP contribution in [0.2, 0.25) is 0 Å². The summed E-state index contributed by atoms with van der Waals surface area (Å²) < 4.78 is 17.1. The SMILES string of the molecule is CCCCNC(=O)OC[C@H]1OC[C@@H](n2ccc(N)nc2=O)O1. The second kappa shape index (κ2) is 7.76. The summed E-state index contributed by atoms with van der Waals surface area (Å²) in [6.45, 7) is 2.71. The van der Waals surface area contributed by atoms with E-state index in [1.165, 1.54) is 16.8 Å². The van der Waals surface area contributed by atoms with E-state index in [4.69, 9.17) is 19.9 Å². The van der Waals surface area contributed by atoms with Gasteiger partial charge in [-0.15, -0.1) is 0 Å². The molecule has 2 atom stereocenters. The van der Waals surface area contributed by atoms with E-state index in [2.05, 4.69) is 10.3 Å². The van der Waals surface area contributed by atoms with Gasteiger partial charge in [0.25, 0.3) is 0 Å². The number of nitrogens with zero attached hydrogens (tertiary/aromatic N) is 2. The maximum atomic E-state index is 11.7. The highest BCUT2D eigenvalue weighted by Crippen LogP contribution is 2.19. The molecule has 1 amide bonds. The fraction of sp³-hybridized carbons (Fsp3) is 0.615. The summed E-state index contributed by atoms with van der Waals surface area (Å²) in [4.78, 5) is 26.7. The van der Waals surface area contributed by atoms with Gasteiger partial charge in [0.05, 0.1) is 6.61 Å². The Balaban J connectivity index is 1.78. The van der Waals surface area contributed by atoms with Crippen molar-refractivity contribution in [2.24, 2.45) is 0 Å². The first-order chi connectivity index (χ1) is 10.6. The number of nitrogen functional groups attached to an aromatic ring is 1. The Labute approximate surface area is 127 Å². The molecule has 0 radical (unpaired) electrons. The summed E-state index contributed by atoms with van der Waals surface area (Å²) >= 11 is 0. The third kappa shape index (κ3) is 4.43. The molecule has 0 bridgehead atoms. The lowest BCUT2D eigenvalue weighted by Crippen LogP contribution is -2.30. The molecule has 22 heavy (non-hydrogen) atoms. The van der Waals surface area contributed by atoms with Crippen molar-refractivity contribution in [3.05, 3.63) is 22.7 Å². The molecule has 3 N–H and O–H groups in total. The maximum Gasteiger partial charge on any atom is 0.407 e. The quantitative estimate of drug-likeness (QED) is 0.721. The number of amides is 1. The number of carbonyl (C=O) groups excluding carboxylic acids is 1. The van der Waals surface area contributed by atoms with Crippen LogP contribution in [0.3, 0.4) is 0 Å². The molecular weight excluding hydrogens is 292 g/mol. The number of unbranched alkanes of at least 4 members (excludes halogenated alkanes) is 1. The van der Waals surface area contributed by atoms with Crippen LogP contribution in [0, 0.1) is 0 Å². The van der Waals surface area contributed by atoms with Crippen molar-refractivity contribution in [3.8, 4) is 0 Å². The number of alkyl carbamates (subject to hydrolysis) is 1. The minimum atomic E-state index is -0.716. The van der Waals surface area contributed by atoms with Gasteiger partial charge in [0.2, 0.25) is 0 Å². The minimum Gasteiger partial charge on any atom is -0.444 e. The summed E-state index contributed by atoms with van der Waals surface area (Å²) in [5.74, 6) is 0.142. The number of aromatic nitrogens is 2. The van der Waals surface area contributed by atoms with E-state index in [0.717, 1.165) is 12.8 Å². The average Bonchev–Trinajstić information content (AvgIpc) is 2.94. The average molecular weight is 312 g/mol. The molecule has 122 valence electrons. The highest BCUT2D eigenvalue weighted by molar-refractivity contribution is 5.67. The van der Waals surface area contributed by atoms with E-state index in [1.54, 1.807) is 0 Å². The van der Waals surface area contributed by atoms with Crippen LogP contribution in [0.15, 0.2) is 17.1 Å². The van der Waals surface area contributed by atoms with Crippen LogP contribution in [-0.4, -0.2) is 41.7 Å². The zero-order chi connectivity index (χ0) is 15.9. The highest BCUT2D eigenvalue weighted by Gasteiger charge is 2.29. The van der Waals surface area contributed by atoms with E-state index in [9.17, 15) is 9.59 Å². The van der Waals surface area contributed by atoms with E-state index in [-0.39, 0.29) is 19.0 Å². The first-order valence-corrected chi connectivity index (χ1v) is 7.12. The lowest BCUT2D eigenvalue weighted by molar-refractivity contribution is -0.101. The smallest absolute Gasteiger partial charge is 0.407 e. The Morgan fingerprint density at radius 2 is 2.45 bits per heavy atom. The molecule has 9 nitrogen and oxygen atoms in total. The second-order valence-corrected chi connectivity index (χ2v) is 4.77. The Morgan fingerprint density at radius 3 is 3.18 bits per heavy atom.